The third-order valence-corrected chi connectivity index (χ3v) is 2.47. The number of halogens is 3. The lowest BCUT2D eigenvalue weighted by Crippen LogP contribution is -2.43. The van der Waals surface area contributed by atoms with E-state index in [0.717, 1.165) is 17.1 Å². The van der Waals surface area contributed by atoms with Crippen LogP contribution in [0.2, 0.25) is 0 Å². The normalized spacial score (nSPS) is 15.3. The molecule has 2 rings (SSSR count). The fourth-order valence-electron chi connectivity index (χ4n) is 1.61. The fourth-order valence-corrected chi connectivity index (χ4v) is 1.61. The van der Waals surface area contributed by atoms with Crippen LogP contribution in [-0.2, 0) is 10.9 Å². The molecule has 0 unspecified atom stereocenters. The largest absolute Gasteiger partial charge is 0.446 e. The lowest BCUT2D eigenvalue weighted by molar-refractivity contribution is -0.138. The van der Waals surface area contributed by atoms with Crippen LogP contribution in [0.25, 0.3) is 0 Å². The number of cyclic esters (lactones) is 1. The summed E-state index contributed by atoms with van der Waals surface area (Å²) in [6.07, 6.45) is -5.43. The van der Waals surface area contributed by atoms with Crippen molar-refractivity contribution in [3.05, 3.63) is 35.4 Å². The number of alkyl halides is 3. The number of benzene rings is 1. The maximum atomic E-state index is 12.7. The van der Waals surface area contributed by atoms with Crippen LogP contribution in [0.3, 0.4) is 0 Å². The van der Waals surface area contributed by atoms with Gasteiger partial charge in [-0.1, -0.05) is 12.1 Å². The second-order valence-corrected chi connectivity index (χ2v) is 3.75. The molecule has 0 atom stereocenters. The lowest BCUT2D eigenvalue weighted by Gasteiger charge is -2.16. The van der Waals surface area contributed by atoms with E-state index in [1.807, 2.05) is 0 Å². The van der Waals surface area contributed by atoms with Crippen LogP contribution in [0.15, 0.2) is 24.3 Å². The van der Waals surface area contributed by atoms with E-state index in [1.54, 1.807) is 0 Å². The number of nitrogens with one attached hydrogen (secondary N) is 1. The Morgan fingerprint density at radius 2 is 2.00 bits per heavy atom. The van der Waals surface area contributed by atoms with Crippen molar-refractivity contribution in [3.8, 4) is 0 Å². The van der Waals surface area contributed by atoms with Crippen LogP contribution in [0.4, 0.5) is 18.0 Å². The predicted molar refractivity (Wildman–Crippen MR) is 57.0 cm³/mol. The van der Waals surface area contributed by atoms with Gasteiger partial charge < -0.3 is 4.74 Å². The van der Waals surface area contributed by atoms with E-state index in [-0.39, 0.29) is 13.2 Å². The summed E-state index contributed by atoms with van der Waals surface area (Å²) in [4.78, 5) is 22.8. The zero-order chi connectivity index (χ0) is 14.0. The molecule has 1 aliphatic heterocycles. The highest BCUT2D eigenvalue weighted by Gasteiger charge is 2.35. The number of hydrazine groups is 1. The Bertz CT molecular complexity index is 516. The Hall–Kier alpha value is -2.25. The molecular weight excluding hydrogens is 265 g/mol. The Morgan fingerprint density at radius 3 is 2.58 bits per heavy atom. The summed E-state index contributed by atoms with van der Waals surface area (Å²) in [5.41, 5.74) is 0.475. The number of hydrogen-bond donors (Lipinski definition) is 1. The molecule has 0 aromatic heterocycles. The first kappa shape index (κ1) is 13.2. The van der Waals surface area contributed by atoms with Crippen LogP contribution in [0.1, 0.15) is 15.9 Å². The summed E-state index contributed by atoms with van der Waals surface area (Å²) < 4.78 is 42.7. The number of carbonyl (C=O) groups is 2. The van der Waals surface area contributed by atoms with Crippen molar-refractivity contribution in [2.24, 2.45) is 0 Å². The summed E-state index contributed by atoms with van der Waals surface area (Å²) in [6, 6.07) is 4.34. The molecule has 0 radical (unpaired) electrons. The average Bonchev–Trinajstić information content (AvgIpc) is 2.74. The molecule has 0 spiro atoms. The molecule has 1 heterocycles. The van der Waals surface area contributed by atoms with Crippen LogP contribution in [-0.4, -0.2) is 30.2 Å². The molecule has 0 aliphatic carbocycles. The van der Waals surface area contributed by atoms with Crippen LogP contribution < -0.4 is 5.43 Å². The van der Waals surface area contributed by atoms with Crippen molar-refractivity contribution in [2.75, 3.05) is 13.2 Å². The van der Waals surface area contributed by atoms with Gasteiger partial charge >= 0.3 is 12.3 Å². The molecule has 1 N–H and O–H groups in total. The molecule has 1 aromatic rings. The number of ether oxygens (including phenoxy) is 1. The first-order chi connectivity index (χ1) is 8.89. The van der Waals surface area contributed by atoms with Gasteiger partial charge in [0.05, 0.1) is 17.7 Å². The van der Waals surface area contributed by atoms with E-state index in [2.05, 4.69) is 10.2 Å². The number of carbonyl (C=O) groups excluding carboxylic acids is 2. The maximum Gasteiger partial charge on any atom is 0.428 e. The summed E-state index contributed by atoms with van der Waals surface area (Å²) in [6.45, 7) is 0.179. The lowest BCUT2D eigenvalue weighted by atomic mass is 10.1. The van der Waals surface area contributed by atoms with E-state index >= 15 is 0 Å². The van der Waals surface area contributed by atoms with Crippen molar-refractivity contribution in [2.45, 2.75) is 6.18 Å². The summed E-state index contributed by atoms with van der Waals surface area (Å²) in [5.74, 6) is -1.01. The predicted octanol–water partition coefficient (Wildman–Crippen LogP) is 1.80. The first-order valence-electron chi connectivity index (χ1n) is 5.31. The Labute approximate surface area is 105 Å². The second kappa shape index (κ2) is 4.79. The Balaban J connectivity index is 2.22. The fraction of sp³-hybridized carbons (Fsp3) is 0.273. The topological polar surface area (TPSA) is 58.6 Å². The van der Waals surface area contributed by atoms with E-state index in [1.165, 1.54) is 12.1 Å². The molecular formula is C11H9F3N2O3. The molecule has 19 heavy (non-hydrogen) atoms. The van der Waals surface area contributed by atoms with Crippen molar-refractivity contribution < 1.29 is 27.5 Å². The van der Waals surface area contributed by atoms with Gasteiger partial charge in [-0.25, -0.2) is 9.80 Å². The third kappa shape index (κ3) is 2.78. The summed E-state index contributed by atoms with van der Waals surface area (Å²) >= 11 is 0. The number of rotatable bonds is 2. The van der Waals surface area contributed by atoms with Gasteiger partial charge in [-0.05, 0) is 12.1 Å². The van der Waals surface area contributed by atoms with Crippen molar-refractivity contribution in [1.82, 2.24) is 10.4 Å². The van der Waals surface area contributed by atoms with Gasteiger partial charge in [0.15, 0.2) is 0 Å². The molecule has 0 bridgehead atoms. The van der Waals surface area contributed by atoms with Crippen molar-refractivity contribution in [1.29, 1.82) is 0 Å². The molecule has 102 valence electrons. The minimum Gasteiger partial charge on any atom is -0.446 e. The average molecular weight is 274 g/mol. The van der Waals surface area contributed by atoms with Gasteiger partial charge in [0.1, 0.15) is 6.61 Å². The van der Waals surface area contributed by atoms with Gasteiger partial charge in [-0.3, -0.25) is 10.2 Å². The van der Waals surface area contributed by atoms with Gasteiger partial charge in [0.2, 0.25) is 0 Å². The Kier molecular flexibility index (Phi) is 3.32. The molecule has 8 heteroatoms. The number of hydrogen-bond acceptors (Lipinski definition) is 3. The highest BCUT2D eigenvalue weighted by atomic mass is 19.4. The SMILES string of the molecule is O=C(NN1CCOC1=O)c1ccccc1C(F)(F)F. The van der Waals surface area contributed by atoms with Crippen molar-refractivity contribution >= 4 is 12.0 Å². The highest BCUT2D eigenvalue weighted by molar-refractivity contribution is 5.96. The molecule has 1 aliphatic rings. The molecule has 5 nitrogen and oxygen atoms in total. The van der Waals surface area contributed by atoms with Gasteiger partial charge in [0.25, 0.3) is 5.91 Å². The van der Waals surface area contributed by atoms with E-state index in [0.29, 0.717) is 0 Å². The summed E-state index contributed by atoms with van der Waals surface area (Å²) in [5, 5.41) is 0.829. The minimum absolute atomic E-state index is 0.0834. The zero-order valence-electron chi connectivity index (χ0n) is 9.53. The van der Waals surface area contributed by atoms with Crippen LogP contribution >= 0.6 is 0 Å². The van der Waals surface area contributed by atoms with E-state index in [4.69, 9.17) is 0 Å². The van der Waals surface area contributed by atoms with Crippen molar-refractivity contribution in [3.63, 3.8) is 0 Å². The van der Waals surface area contributed by atoms with Crippen LogP contribution in [0.5, 0.6) is 0 Å². The Morgan fingerprint density at radius 1 is 1.32 bits per heavy atom. The van der Waals surface area contributed by atoms with Gasteiger partial charge in [-0.2, -0.15) is 13.2 Å². The zero-order valence-corrected chi connectivity index (χ0v) is 9.53. The molecule has 1 fully saturated rings. The third-order valence-electron chi connectivity index (χ3n) is 2.47. The molecule has 0 saturated carbocycles. The quantitative estimate of drug-likeness (QED) is 0.894. The number of amides is 2. The van der Waals surface area contributed by atoms with Crippen LogP contribution in [0, 0.1) is 0 Å². The standard InChI is InChI=1S/C11H9F3N2O3/c12-11(13,14)8-4-2-1-3-7(8)9(17)15-16-5-6-19-10(16)18/h1-4H,5-6H2,(H,15,17). The first-order valence-corrected chi connectivity index (χ1v) is 5.31. The highest BCUT2D eigenvalue weighted by Crippen LogP contribution is 2.31. The minimum atomic E-state index is -4.64. The van der Waals surface area contributed by atoms with E-state index in [9.17, 15) is 22.8 Å². The van der Waals surface area contributed by atoms with Gasteiger partial charge in [-0.15, -0.1) is 0 Å². The van der Waals surface area contributed by atoms with Gasteiger partial charge in [0, 0.05) is 0 Å². The maximum absolute atomic E-state index is 12.7. The molecule has 2 amide bonds. The second-order valence-electron chi connectivity index (χ2n) is 3.75. The number of nitrogens with zero attached hydrogens (tertiary/aromatic N) is 1. The monoisotopic (exact) mass is 274 g/mol. The summed E-state index contributed by atoms with van der Waals surface area (Å²) in [7, 11) is 0. The van der Waals surface area contributed by atoms with E-state index < -0.39 is 29.3 Å². The molecule has 1 saturated heterocycles. The smallest absolute Gasteiger partial charge is 0.428 e. The molecule has 1 aromatic carbocycles.